The van der Waals surface area contributed by atoms with Crippen molar-refractivity contribution in [1.82, 2.24) is 0 Å². The van der Waals surface area contributed by atoms with Gasteiger partial charge in [0.2, 0.25) is 0 Å². The van der Waals surface area contributed by atoms with Gasteiger partial charge in [0, 0.05) is 25.6 Å². The Kier molecular flexibility index (Phi) is 3.75. The van der Waals surface area contributed by atoms with E-state index in [2.05, 4.69) is 6.07 Å². The second-order valence-corrected chi connectivity index (χ2v) is 2.88. The first-order chi connectivity index (χ1) is 6.31. The molecule has 1 aliphatic carbocycles. The summed E-state index contributed by atoms with van der Waals surface area (Å²) < 4.78 is 10.2. The minimum absolute atomic E-state index is 0.148. The summed E-state index contributed by atoms with van der Waals surface area (Å²) in [5, 5.41) is 8.68. The molecule has 68 valence electrons. The lowest BCUT2D eigenvalue weighted by Crippen LogP contribution is -2.25. The fraction of sp³-hybridized carbons (Fsp3) is 0.444. The summed E-state index contributed by atoms with van der Waals surface area (Å²) in [7, 11) is 2.95. The summed E-state index contributed by atoms with van der Waals surface area (Å²) in [6.45, 7) is 0. The van der Waals surface area contributed by atoms with Crippen LogP contribution in [0.2, 0.25) is 5.82 Å². The van der Waals surface area contributed by atoms with E-state index >= 15 is 0 Å². The highest BCUT2D eigenvalue weighted by Crippen LogP contribution is 2.25. The summed E-state index contributed by atoms with van der Waals surface area (Å²) >= 11 is 0. The molecular formula is C9H12BNO2. The number of nitriles is 1. The predicted molar refractivity (Wildman–Crippen MR) is 51.0 cm³/mol. The van der Waals surface area contributed by atoms with Gasteiger partial charge in [0.25, 0.3) is 0 Å². The lowest BCUT2D eigenvalue weighted by Gasteiger charge is -2.18. The lowest BCUT2D eigenvalue weighted by atomic mass is 9.68. The van der Waals surface area contributed by atoms with Gasteiger partial charge in [0.05, 0.1) is 6.07 Å². The molecule has 3 nitrogen and oxygen atoms in total. The van der Waals surface area contributed by atoms with Crippen molar-refractivity contribution in [2.24, 2.45) is 0 Å². The van der Waals surface area contributed by atoms with Crippen LogP contribution >= 0.6 is 0 Å². The van der Waals surface area contributed by atoms with Crippen LogP contribution in [0.15, 0.2) is 23.8 Å². The molecule has 0 saturated heterocycles. The molecular weight excluding hydrogens is 165 g/mol. The van der Waals surface area contributed by atoms with Crippen LogP contribution in [-0.4, -0.2) is 21.3 Å². The Morgan fingerprint density at radius 1 is 1.54 bits per heavy atom. The monoisotopic (exact) mass is 177 g/mol. The molecule has 0 aliphatic heterocycles. The zero-order valence-corrected chi connectivity index (χ0v) is 7.86. The Bertz CT molecular complexity index is 263. The maximum atomic E-state index is 8.68. The average molecular weight is 177 g/mol. The lowest BCUT2D eigenvalue weighted by molar-refractivity contribution is 0.270. The number of allylic oxidation sites excluding steroid dienone is 4. The van der Waals surface area contributed by atoms with Gasteiger partial charge in [0.1, 0.15) is 0 Å². The second-order valence-electron chi connectivity index (χ2n) is 2.88. The molecule has 1 rings (SSSR count). The fourth-order valence-electron chi connectivity index (χ4n) is 1.42. The second kappa shape index (κ2) is 4.85. The van der Waals surface area contributed by atoms with Crippen molar-refractivity contribution < 1.29 is 9.31 Å². The van der Waals surface area contributed by atoms with Crippen LogP contribution in [0.3, 0.4) is 0 Å². The van der Waals surface area contributed by atoms with E-state index in [-0.39, 0.29) is 12.9 Å². The van der Waals surface area contributed by atoms with Crippen molar-refractivity contribution in [1.29, 1.82) is 5.26 Å². The Labute approximate surface area is 78.8 Å². The molecule has 0 amide bonds. The van der Waals surface area contributed by atoms with Crippen LogP contribution < -0.4 is 0 Å². The van der Waals surface area contributed by atoms with Gasteiger partial charge in [-0.25, -0.2) is 0 Å². The smallest absolute Gasteiger partial charge is 0.414 e. The Morgan fingerprint density at radius 2 is 2.23 bits per heavy atom. The molecule has 0 heterocycles. The largest absolute Gasteiger partial charge is 0.464 e. The van der Waals surface area contributed by atoms with Crippen molar-refractivity contribution in [3.05, 3.63) is 23.8 Å². The Morgan fingerprint density at radius 3 is 2.77 bits per heavy atom. The molecule has 0 bridgehead atoms. The summed E-state index contributed by atoms with van der Waals surface area (Å²) in [4.78, 5) is 0. The molecule has 1 atom stereocenters. The van der Waals surface area contributed by atoms with Crippen molar-refractivity contribution in [2.75, 3.05) is 14.2 Å². The van der Waals surface area contributed by atoms with Crippen LogP contribution in [0.1, 0.15) is 6.42 Å². The van der Waals surface area contributed by atoms with Crippen molar-refractivity contribution >= 4 is 7.12 Å². The van der Waals surface area contributed by atoms with E-state index in [1.165, 1.54) is 0 Å². The Balaban J connectivity index is 2.68. The first-order valence-corrected chi connectivity index (χ1v) is 4.16. The molecule has 0 aromatic heterocycles. The minimum Gasteiger partial charge on any atom is -0.414 e. The molecule has 1 unspecified atom stereocenters. The SMILES string of the molecule is COB(OC)C1C=C(C#N)C=CC1. The van der Waals surface area contributed by atoms with Crippen LogP contribution in [0, 0.1) is 11.3 Å². The molecule has 0 fully saturated rings. The third kappa shape index (κ3) is 2.45. The van der Waals surface area contributed by atoms with E-state index in [1.807, 2.05) is 18.2 Å². The van der Waals surface area contributed by atoms with E-state index in [9.17, 15) is 0 Å². The minimum atomic E-state index is -0.256. The molecule has 13 heavy (non-hydrogen) atoms. The topological polar surface area (TPSA) is 42.2 Å². The molecule has 0 aromatic carbocycles. The molecule has 0 spiro atoms. The number of nitrogens with zero attached hydrogens (tertiary/aromatic N) is 1. The van der Waals surface area contributed by atoms with E-state index in [0.29, 0.717) is 5.57 Å². The van der Waals surface area contributed by atoms with Gasteiger partial charge in [-0.2, -0.15) is 5.26 Å². The standard InChI is InChI=1S/C9H12BNO2/c1-12-10(13-2)9-5-3-4-8(6-9)7-11/h3-4,6,9H,5H2,1-2H3. The van der Waals surface area contributed by atoms with Crippen molar-refractivity contribution in [3.63, 3.8) is 0 Å². The normalized spacial score (nSPS) is 20.7. The first-order valence-electron chi connectivity index (χ1n) is 4.16. The van der Waals surface area contributed by atoms with E-state index in [1.54, 1.807) is 14.2 Å². The van der Waals surface area contributed by atoms with Crippen molar-refractivity contribution in [3.8, 4) is 6.07 Å². The average Bonchev–Trinajstić information content (AvgIpc) is 2.20. The molecule has 0 saturated carbocycles. The van der Waals surface area contributed by atoms with E-state index in [4.69, 9.17) is 14.6 Å². The molecule has 0 N–H and O–H groups in total. The van der Waals surface area contributed by atoms with Crippen LogP contribution in [0.4, 0.5) is 0 Å². The van der Waals surface area contributed by atoms with Crippen LogP contribution in [0.5, 0.6) is 0 Å². The molecule has 0 aromatic rings. The van der Waals surface area contributed by atoms with E-state index in [0.717, 1.165) is 6.42 Å². The zero-order valence-electron chi connectivity index (χ0n) is 7.86. The summed E-state index contributed by atoms with van der Waals surface area (Å²) in [6, 6.07) is 2.10. The highest BCUT2D eigenvalue weighted by Gasteiger charge is 2.26. The summed E-state index contributed by atoms with van der Waals surface area (Å²) in [5.41, 5.74) is 0.676. The van der Waals surface area contributed by atoms with Gasteiger partial charge < -0.3 is 9.31 Å². The van der Waals surface area contributed by atoms with Crippen molar-refractivity contribution in [2.45, 2.75) is 12.2 Å². The number of rotatable bonds is 3. The summed E-state index contributed by atoms with van der Waals surface area (Å²) in [6.07, 6.45) is 6.53. The number of hydrogen-bond donors (Lipinski definition) is 0. The quantitative estimate of drug-likeness (QED) is 0.614. The van der Waals surface area contributed by atoms with Crippen LogP contribution in [0.25, 0.3) is 0 Å². The third-order valence-corrected chi connectivity index (χ3v) is 2.04. The number of hydrogen-bond acceptors (Lipinski definition) is 3. The fourth-order valence-corrected chi connectivity index (χ4v) is 1.42. The van der Waals surface area contributed by atoms with E-state index < -0.39 is 0 Å². The van der Waals surface area contributed by atoms with Gasteiger partial charge in [-0.05, 0) is 12.5 Å². The molecule has 1 aliphatic rings. The zero-order chi connectivity index (χ0) is 9.68. The Hall–Kier alpha value is -1.05. The van der Waals surface area contributed by atoms with Gasteiger partial charge >= 0.3 is 7.12 Å². The highest BCUT2D eigenvalue weighted by molar-refractivity contribution is 6.47. The molecule has 0 radical (unpaired) electrons. The van der Waals surface area contributed by atoms with Crippen LogP contribution in [-0.2, 0) is 9.31 Å². The highest BCUT2D eigenvalue weighted by atomic mass is 16.6. The van der Waals surface area contributed by atoms with Gasteiger partial charge in [0.15, 0.2) is 0 Å². The van der Waals surface area contributed by atoms with Gasteiger partial charge in [-0.15, -0.1) is 0 Å². The van der Waals surface area contributed by atoms with Gasteiger partial charge in [-0.3, -0.25) is 0 Å². The molecule has 4 heteroatoms. The first kappa shape index (κ1) is 10.0. The maximum absolute atomic E-state index is 8.68. The summed E-state index contributed by atoms with van der Waals surface area (Å²) in [5.74, 6) is 0.148. The predicted octanol–water partition coefficient (Wildman–Crippen LogP) is 1.55. The van der Waals surface area contributed by atoms with Gasteiger partial charge in [-0.1, -0.05) is 12.2 Å². The third-order valence-electron chi connectivity index (χ3n) is 2.04. The maximum Gasteiger partial charge on any atom is 0.464 e.